The number of amides is 2. The van der Waals surface area contributed by atoms with Crippen LogP contribution in [0.2, 0.25) is 0 Å². The number of esters is 1. The van der Waals surface area contributed by atoms with E-state index in [-0.39, 0.29) is 31.8 Å². The lowest BCUT2D eigenvalue weighted by Crippen LogP contribution is -2.66. The molecule has 1 saturated carbocycles. The molecule has 150 valence electrons. The average Bonchev–Trinajstić information content (AvgIpc) is 2.71. The number of imide groups is 1. The van der Waals surface area contributed by atoms with Gasteiger partial charge in [-0.15, -0.1) is 0 Å². The summed E-state index contributed by atoms with van der Waals surface area (Å²) in [6.07, 6.45) is -1.56. The zero-order valence-electron chi connectivity index (χ0n) is 15.9. The molecular weight excluding hydrogens is 366 g/mol. The predicted molar refractivity (Wildman–Crippen MR) is 95.9 cm³/mol. The SMILES string of the molecule is COC(=O)N1CC[C@@H]2CC(=O)CC(OC)[C@]2(C(=O)OCc2ccccc2)C1=O. The Morgan fingerprint density at radius 3 is 2.50 bits per heavy atom. The van der Waals surface area contributed by atoms with Crippen molar-refractivity contribution in [1.82, 2.24) is 4.90 Å². The van der Waals surface area contributed by atoms with E-state index >= 15 is 0 Å². The highest BCUT2D eigenvalue weighted by molar-refractivity contribution is 6.10. The summed E-state index contributed by atoms with van der Waals surface area (Å²) in [5, 5.41) is 0. The molecule has 2 fully saturated rings. The minimum Gasteiger partial charge on any atom is -0.460 e. The first-order valence-corrected chi connectivity index (χ1v) is 9.10. The van der Waals surface area contributed by atoms with E-state index in [1.807, 2.05) is 18.2 Å². The Labute approximate surface area is 162 Å². The zero-order chi connectivity index (χ0) is 20.3. The molecule has 3 rings (SSSR count). The Morgan fingerprint density at radius 2 is 1.86 bits per heavy atom. The molecule has 1 unspecified atom stereocenters. The van der Waals surface area contributed by atoms with E-state index in [0.717, 1.165) is 10.5 Å². The van der Waals surface area contributed by atoms with Crippen molar-refractivity contribution in [3.8, 4) is 0 Å². The molecule has 1 aliphatic carbocycles. The van der Waals surface area contributed by atoms with E-state index in [4.69, 9.17) is 14.2 Å². The molecular formula is C20H23NO7. The molecule has 1 aromatic rings. The molecule has 1 saturated heterocycles. The highest BCUT2D eigenvalue weighted by atomic mass is 16.6. The third-order valence-corrected chi connectivity index (χ3v) is 5.57. The monoisotopic (exact) mass is 389 g/mol. The van der Waals surface area contributed by atoms with Gasteiger partial charge in [0.1, 0.15) is 12.4 Å². The molecule has 1 aliphatic heterocycles. The van der Waals surface area contributed by atoms with Gasteiger partial charge >= 0.3 is 12.1 Å². The summed E-state index contributed by atoms with van der Waals surface area (Å²) in [7, 11) is 2.51. The van der Waals surface area contributed by atoms with Crippen LogP contribution < -0.4 is 0 Å². The molecule has 0 bridgehead atoms. The number of Topliss-reactive ketones (excluding diaryl/α,β-unsaturated/α-hetero) is 1. The molecule has 0 radical (unpaired) electrons. The number of methoxy groups -OCH3 is 2. The summed E-state index contributed by atoms with van der Waals surface area (Å²) in [6.45, 7) is 0.0532. The van der Waals surface area contributed by atoms with Crippen LogP contribution in [0, 0.1) is 11.3 Å². The van der Waals surface area contributed by atoms with Gasteiger partial charge in [0.15, 0.2) is 5.41 Å². The van der Waals surface area contributed by atoms with Crippen LogP contribution in [0.3, 0.4) is 0 Å². The number of ether oxygens (including phenoxy) is 3. The van der Waals surface area contributed by atoms with Crippen LogP contribution in [0.1, 0.15) is 24.8 Å². The quantitative estimate of drug-likeness (QED) is 0.571. The van der Waals surface area contributed by atoms with Gasteiger partial charge < -0.3 is 14.2 Å². The van der Waals surface area contributed by atoms with Gasteiger partial charge in [0, 0.05) is 26.5 Å². The standard InChI is InChI=1S/C20H23NO7/c1-26-16-11-15(22)10-14-8-9-21(19(25)27-2)17(23)20(14,16)18(24)28-12-13-6-4-3-5-7-13/h3-7,14,16H,8-12H2,1-2H3/t14-,16?,20+/m1/s1. The lowest BCUT2D eigenvalue weighted by atomic mass is 9.60. The van der Waals surface area contributed by atoms with E-state index in [0.29, 0.717) is 6.42 Å². The Morgan fingerprint density at radius 1 is 1.14 bits per heavy atom. The molecule has 0 N–H and O–H groups in total. The number of carbonyl (C=O) groups excluding carboxylic acids is 4. The minimum atomic E-state index is -1.75. The van der Waals surface area contributed by atoms with Gasteiger partial charge in [0.05, 0.1) is 13.2 Å². The topological polar surface area (TPSA) is 99.2 Å². The number of hydrogen-bond donors (Lipinski definition) is 0. The molecule has 1 heterocycles. The molecule has 1 aromatic carbocycles. The maximum atomic E-state index is 13.3. The number of ketones is 1. The number of piperidine rings is 1. The van der Waals surface area contributed by atoms with Crippen LogP contribution >= 0.6 is 0 Å². The fourth-order valence-corrected chi connectivity index (χ4v) is 4.18. The van der Waals surface area contributed by atoms with Crippen molar-refractivity contribution in [2.45, 2.75) is 32.0 Å². The highest BCUT2D eigenvalue weighted by Gasteiger charge is 2.65. The first-order chi connectivity index (χ1) is 13.4. The first kappa shape index (κ1) is 20.0. The van der Waals surface area contributed by atoms with Gasteiger partial charge in [-0.2, -0.15) is 0 Å². The largest absolute Gasteiger partial charge is 0.460 e. The van der Waals surface area contributed by atoms with Crippen LogP contribution in [-0.4, -0.2) is 55.5 Å². The van der Waals surface area contributed by atoms with E-state index in [2.05, 4.69) is 0 Å². The van der Waals surface area contributed by atoms with E-state index < -0.39 is 35.4 Å². The molecule has 8 nitrogen and oxygen atoms in total. The summed E-state index contributed by atoms with van der Waals surface area (Å²) >= 11 is 0. The molecule has 8 heteroatoms. The number of hydrogen-bond acceptors (Lipinski definition) is 7. The normalized spacial score (nSPS) is 27.1. The second-order valence-electron chi connectivity index (χ2n) is 7.01. The molecule has 2 aliphatic rings. The van der Waals surface area contributed by atoms with E-state index in [1.54, 1.807) is 12.1 Å². The second-order valence-corrected chi connectivity index (χ2v) is 7.01. The summed E-state index contributed by atoms with van der Waals surface area (Å²) in [5.41, 5.74) is -0.984. The van der Waals surface area contributed by atoms with E-state index in [1.165, 1.54) is 14.2 Å². The van der Waals surface area contributed by atoms with Gasteiger partial charge in [-0.1, -0.05) is 30.3 Å². The fourth-order valence-electron chi connectivity index (χ4n) is 4.18. The van der Waals surface area contributed by atoms with Crippen molar-refractivity contribution in [1.29, 1.82) is 0 Å². The second kappa shape index (κ2) is 8.10. The van der Waals surface area contributed by atoms with Crippen molar-refractivity contribution < 1.29 is 33.4 Å². The smallest absolute Gasteiger partial charge is 0.416 e. The van der Waals surface area contributed by atoms with Gasteiger partial charge in [-0.3, -0.25) is 14.4 Å². The third-order valence-electron chi connectivity index (χ3n) is 5.57. The Bertz CT molecular complexity index is 766. The van der Waals surface area contributed by atoms with Gasteiger partial charge in [-0.05, 0) is 17.9 Å². The molecule has 0 spiro atoms. The lowest BCUT2D eigenvalue weighted by molar-refractivity contribution is -0.192. The van der Waals surface area contributed by atoms with Crippen molar-refractivity contribution >= 4 is 23.8 Å². The molecule has 28 heavy (non-hydrogen) atoms. The number of carbonyl (C=O) groups is 4. The summed E-state index contributed by atoms with van der Waals surface area (Å²) in [5.74, 6) is -2.18. The van der Waals surface area contributed by atoms with Crippen LogP contribution in [-0.2, 0) is 35.2 Å². The Hall–Kier alpha value is -2.74. The van der Waals surface area contributed by atoms with Crippen LogP contribution in [0.5, 0.6) is 0 Å². The number of rotatable bonds is 4. The van der Waals surface area contributed by atoms with Crippen molar-refractivity contribution in [2.24, 2.45) is 11.3 Å². The summed E-state index contributed by atoms with van der Waals surface area (Å²) in [4.78, 5) is 51.7. The Balaban J connectivity index is 1.96. The maximum absolute atomic E-state index is 13.3. The summed E-state index contributed by atoms with van der Waals surface area (Å²) < 4.78 is 15.6. The third kappa shape index (κ3) is 3.28. The first-order valence-electron chi connectivity index (χ1n) is 9.10. The van der Waals surface area contributed by atoms with Crippen LogP contribution in [0.15, 0.2) is 30.3 Å². The van der Waals surface area contributed by atoms with Gasteiger partial charge in [0.2, 0.25) is 0 Å². The maximum Gasteiger partial charge on any atom is 0.416 e. The predicted octanol–water partition coefficient (Wildman–Crippen LogP) is 1.71. The molecule has 2 amide bonds. The van der Waals surface area contributed by atoms with Gasteiger partial charge in [0.25, 0.3) is 5.91 Å². The van der Waals surface area contributed by atoms with Gasteiger partial charge in [-0.25, -0.2) is 9.69 Å². The average molecular weight is 389 g/mol. The minimum absolute atomic E-state index is 0.0238. The zero-order valence-corrected chi connectivity index (χ0v) is 15.9. The van der Waals surface area contributed by atoms with Crippen LogP contribution in [0.25, 0.3) is 0 Å². The fraction of sp³-hybridized carbons (Fsp3) is 0.500. The van der Waals surface area contributed by atoms with Crippen molar-refractivity contribution in [2.75, 3.05) is 20.8 Å². The number of benzene rings is 1. The molecule has 3 atom stereocenters. The van der Waals surface area contributed by atoms with E-state index in [9.17, 15) is 19.2 Å². The van der Waals surface area contributed by atoms with Crippen molar-refractivity contribution in [3.63, 3.8) is 0 Å². The van der Waals surface area contributed by atoms with Crippen LogP contribution in [0.4, 0.5) is 4.79 Å². The summed E-state index contributed by atoms with van der Waals surface area (Å²) in [6, 6.07) is 9.05. The molecule has 0 aromatic heterocycles. The number of nitrogens with zero attached hydrogens (tertiary/aromatic N) is 1. The van der Waals surface area contributed by atoms with Crippen molar-refractivity contribution in [3.05, 3.63) is 35.9 Å². The highest BCUT2D eigenvalue weighted by Crippen LogP contribution is 2.48. The number of fused-ring (bicyclic) bond motifs is 1. The number of likely N-dealkylation sites (tertiary alicyclic amines) is 1. The lowest BCUT2D eigenvalue weighted by Gasteiger charge is -2.49. The Kier molecular flexibility index (Phi) is 5.79.